The molecule has 1 fully saturated rings. The van der Waals surface area contributed by atoms with Gasteiger partial charge in [-0.15, -0.1) is 21.5 Å². The van der Waals surface area contributed by atoms with Gasteiger partial charge in [0.05, 0.1) is 29.0 Å². The molecule has 1 saturated heterocycles. The maximum absolute atomic E-state index is 12.2. The number of anilines is 1. The zero-order valence-electron chi connectivity index (χ0n) is 14.8. The molecule has 8 nitrogen and oxygen atoms in total. The van der Waals surface area contributed by atoms with Crippen LogP contribution in [0.1, 0.15) is 18.5 Å². The molecule has 27 heavy (non-hydrogen) atoms. The third-order valence-electron chi connectivity index (χ3n) is 4.09. The molecule has 1 amide bonds. The molecular formula is C17H19N5O3S2. The molecule has 0 bridgehead atoms. The number of aryl methyl sites for hydroxylation is 1. The van der Waals surface area contributed by atoms with E-state index in [9.17, 15) is 4.79 Å². The Morgan fingerprint density at radius 1 is 1.48 bits per heavy atom. The number of carbonyl (C=O) groups excluding carboxylic acids is 1. The molecule has 1 atom stereocenters. The molecule has 0 spiro atoms. The number of nitrogens with one attached hydrogen (secondary N) is 1. The number of aromatic nitrogens is 4. The number of ether oxygens (including phenoxy) is 1. The van der Waals surface area contributed by atoms with Crippen molar-refractivity contribution < 1.29 is 14.1 Å². The Bertz CT molecular complexity index is 900. The Labute approximate surface area is 164 Å². The first-order valence-electron chi connectivity index (χ1n) is 8.63. The SMILES string of the molecule is Cc1cc(NC(=O)CSc2nnc(-c3cccs3)n2CC2CCCO2)on1. The van der Waals surface area contributed by atoms with E-state index in [1.807, 2.05) is 17.5 Å². The third-order valence-corrected chi connectivity index (χ3v) is 5.92. The van der Waals surface area contributed by atoms with Gasteiger partial charge in [-0.25, -0.2) is 0 Å². The number of amides is 1. The van der Waals surface area contributed by atoms with Gasteiger partial charge in [-0.05, 0) is 31.2 Å². The lowest BCUT2D eigenvalue weighted by atomic mass is 10.2. The molecule has 0 saturated carbocycles. The summed E-state index contributed by atoms with van der Waals surface area (Å²) in [7, 11) is 0. The Morgan fingerprint density at radius 3 is 3.11 bits per heavy atom. The largest absolute Gasteiger partial charge is 0.376 e. The van der Waals surface area contributed by atoms with Crippen LogP contribution in [0, 0.1) is 6.92 Å². The topological polar surface area (TPSA) is 95.1 Å². The van der Waals surface area contributed by atoms with Crippen molar-refractivity contribution in [1.29, 1.82) is 0 Å². The second-order valence-corrected chi connectivity index (χ2v) is 8.09. The fourth-order valence-corrected chi connectivity index (χ4v) is 4.33. The fourth-order valence-electron chi connectivity index (χ4n) is 2.87. The molecule has 0 aliphatic carbocycles. The number of thioether (sulfide) groups is 1. The van der Waals surface area contributed by atoms with Crippen molar-refractivity contribution in [2.75, 3.05) is 17.7 Å². The summed E-state index contributed by atoms with van der Waals surface area (Å²) in [6.07, 6.45) is 2.25. The molecule has 0 aromatic carbocycles. The first kappa shape index (κ1) is 18.2. The predicted octanol–water partition coefficient (Wildman–Crippen LogP) is 3.21. The highest BCUT2D eigenvalue weighted by molar-refractivity contribution is 7.99. The van der Waals surface area contributed by atoms with E-state index in [-0.39, 0.29) is 17.8 Å². The van der Waals surface area contributed by atoms with Gasteiger partial charge in [-0.3, -0.25) is 14.7 Å². The Morgan fingerprint density at radius 2 is 2.41 bits per heavy atom. The van der Waals surface area contributed by atoms with Crippen LogP contribution >= 0.6 is 23.1 Å². The number of carbonyl (C=O) groups is 1. The van der Waals surface area contributed by atoms with Gasteiger partial charge >= 0.3 is 0 Å². The number of rotatable bonds is 7. The van der Waals surface area contributed by atoms with Crippen LogP contribution in [0.3, 0.4) is 0 Å². The van der Waals surface area contributed by atoms with Crippen molar-refractivity contribution in [2.45, 2.75) is 37.6 Å². The second-order valence-electron chi connectivity index (χ2n) is 6.20. The minimum atomic E-state index is -0.180. The fraction of sp³-hybridized carbons (Fsp3) is 0.412. The van der Waals surface area contributed by atoms with Crippen LogP contribution in [0.5, 0.6) is 0 Å². The number of hydrogen-bond acceptors (Lipinski definition) is 8. The molecule has 0 radical (unpaired) electrons. The van der Waals surface area contributed by atoms with Crippen LogP contribution in [-0.4, -0.2) is 44.3 Å². The first-order valence-corrected chi connectivity index (χ1v) is 10.5. The van der Waals surface area contributed by atoms with Crippen molar-refractivity contribution in [3.05, 3.63) is 29.3 Å². The van der Waals surface area contributed by atoms with Gasteiger partial charge in [-0.1, -0.05) is 23.0 Å². The maximum Gasteiger partial charge on any atom is 0.237 e. The van der Waals surface area contributed by atoms with Crippen LogP contribution in [-0.2, 0) is 16.1 Å². The lowest BCUT2D eigenvalue weighted by Gasteiger charge is -2.14. The summed E-state index contributed by atoms with van der Waals surface area (Å²) in [5.41, 5.74) is 0.717. The Kier molecular flexibility index (Phi) is 5.55. The number of thiophene rings is 1. The summed E-state index contributed by atoms with van der Waals surface area (Å²) < 4.78 is 12.8. The summed E-state index contributed by atoms with van der Waals surface area (Å²) in [6, 6.07) is 5.69. The van der Waals surface area contributed by atoms with E-state index in [1.54, 1.807) is 24.3 Å². The van der Waals surface area contributed by atoms with E-state index in [0.29, 0.717) is 17.6 Å². The van der Waals surface area contributed by atoms with E-state index in [4.69, 9.17) is 9.26 Å². The van der Waals surface area contributed by atoms with E-state index < -0.39 is 0 Å². The average molecular weight is 406 g/mol. The van der Waals surface area contributed by atoms with Gasteiger partial charge < -0.3 is 9.26 Å². The van der Waals surface area contributed by atoms with Crippen molar-refractivity contribution in [1.82, 2.24) is 19.9 Å². The highest BCUT2D eigenvalue weighted by atomic mass is 32.2. The molecule has 3 aromatic rings. The summed E-state index contributed by atoms with van der Waals surface area (Å²) in [5.74, 6) is 1.18. The summed E-state index contributed by atoms with van der Waals surface area (Å²) in [4.78, 5) is 13.2. The summed E-state index contributed by atoms with van der Waals surface area (Å²) >= 11 is 2.96. The summed E-state index contributed by atoms with van der Waals surface area (Å²) in [5, 5.41) is 17.8. The predicted molar refractivity (Wildman–Crippen MR) is 103 cm³/mol. The normalized spacial score (nSPS) is 16.7. The van der Waals surface area contributed by atoms with Gasteiger partial charge in [0, 0.05) is 12.7 Å². The molecule has 1 aliphatic heterocycles. The molecule has 3 aromatic heterocycles. The first-order chi connectivity index (χ1) is 13.2. The van der Waals surface area contributed by atoms with Crippen LogP contribution < -0.4 is 5.32 Å². The lowest BCUT2D eigenvalue weighted by molar-refractivity contribution is -0.113. The standard InChI is InChI=1S/C17H19N5O3S2/c1-11-8-15(25-21-11)18-14(23)10-27-17-20-19-16(13-5-3-7-26-13)22(17)9-12-4-2-6-24-12/h3,5,7-8,12H,2,4,6,9-10H2,1H3,(H,18,23). The highest BCUT2D eigenvalue weighted by Gasteiger charge is 2.22. The minimum absolute atomic E-state index is 0.157. The molecule has 10 heteroatoms. The monoisotopic (exact) mass is 405 g/mol. The number of hydrogen-bond donors (Lipinski definition) is 1. The van der Waals surface area contributed by atoms with Crippen LogP contribution in [0.15, 0.2) is 33.3 Å². The van der Waals surface area contributed by atoms with Gasteiger partial charge in [0.25, 0.3) is 0 Å². The minimum Gasteiger partial charge on any atom is -0.376 e. The maximum atomic E-state index is 12.2. The molecule has 142 valence electrons. The molecule has 4 heterocycles. The highest BCUT2D eigenvalue weighted by Crippen LogP contribution is 2.29. The molecule has 4 rings (SSSR count). The molecule has 1 unspecified atom stereocenters. The van der Waals surface area contributed by atoms with Crippen LogP contribution in [0.4, 0.5) is 5.88 Å². The Hall–Kier alpha value is -2.17. The van der Waals surface area contributed by atoms with E-state index in [1.165, 1.54) is 11.8 Å². The van der Waals surface area contributed by atoms with E-state index >= 15 is 0 Å². The van der Waals surface area contributed by atoms with Crippen LogP contribution in [0.25, 0.3) is 10.7 Å². The summed E-state index contributed by atoms with van der Waals surface area (Å²) in [6.45, 7) is 3.28. The molecule has 1 N–H and O–H groups in total. The van der Waals surface area contributed by atoms with Gasteiger partial charge in [0.2, 0.25) is 11.8 Å². The van der Waals surface area contributed by atoms with Crippen LogP contribution in [0.2, 0.25) is 0 Å². The average Bonchev–Trinajstić information content (AvgIpc) is 3.42. The van der Waals surface area contributed by atoms with Crippen molar-refractivity contribution in [2.24, 2.45) is 0 Å². The van der Waals surface area contributed by atoms with Crippen molar-refractivity contribution >= 4 is 34.9 Å². The molecule has 1 aliphatic rings. The van der Waals surface area contributed by atoms with E-state index in [0.717, 1.165) is 35.8 Å². The zero-order valence-corrected chi connectivity index (χ0v) is 16.4. The molecular weight excluding hydrogens is 386 g/mol. The number of nitrogens with zero attached hydrogens (tertiary/aromatic N) is 4. The lowest BCUT2D eigenvalue weighted by Crippen LogP contribution is -2.18. The van der Waals surface area contributed by atoms with E-state index in [2.05, 4.69) is 25.2 Å². The van der Waals surface area contributed by atoms with Gasteiger partial charge in [-0.2, -0.15) is 0 Å². The third kappa shape index (κ3) is 4.40. The quantitative estimate of drug-likeness (QED) is 0.603. The zero-order chi connectivity index (χ0) is 18.6. The van der Waals surface area contributed by atoms with Crippen molar-refractivity contribution in [3.63, 3.8) is 0 Å². The van der Waals surface area contributed by atoms with Crippen molar-refractivity contribution in [3.8, 4) is 10.7 Å². The van der Waals surface area contributed by atoms with Gasteiger partial charge in [0.15, 0.2) is 11.0 Å². The smallest absolute Gasteiger partial charge is 0.237 e. The van der Waals surface area contributed by atoms with Gasteiger partial charge in [0.1, 0.15) is 0 Å². The Balaban J connectivity index is 1.47. The second kappa shape index (κ2) is 8.24.